The maximum absolute atomic E-state index is 13.3. The van der Waals surface area contributed by atoms with E-state index < -0.39 is 0 Å². The lowest BCUT2D eigenvalue weighted by Gasteiger charge is -2.36. The summed E-state index contributed by atoms with van der Waals surface area (Å²) in [6.07, 6.45) is 7.06. The van der Waals surface area contributed by atoms with Crippen LogP contribution in [0, 0.1) is 5.82 Å². The Labute approximate surface area is 164 Å². The minimum atomic E-state index is -0.215. The van der Waals surface area contributed by atoms with Crippen LogP contribution in [0.4, 0.5) is 4.39 Å². The third-order valence-corrected chi connectivity index (χ3v) is 5.86. The van der Waals surface area contributed by atoms with Gasteiger partial charge in [-0.3, -0.25) is 9.88 Å². The summed E-state index contributed by atoms with van der Waals surface area (Å²) in [6.45, 7) is 3.72. The highest BCUT2D eigenvalue weighted by molar-refractivity contribution is 5.40. The Kier molecular flexibility index (Phi) is 4.66. The third kappa shape index (κ3) is 3.23. The maximum Gasteiger partial charge on any atom is 0.123 e. The van der Waals surface area contributed by atoms with Crippen molar-refractivity contribution in [1.29, 1.82) is 0 Å². The Bertz CT molecular complexity index is 951. The normalized spacial score (nSPS) is 19.7. The fourth-order valence-electron chi connectivity index (χ4n) is 4.47. The van der Waals surface area contributed by atoms with E-state index in [4.69, 9.17) is 5.10 Å². The molecule has 0 amide bonds. The summed E-state index contributed by atoms with van der Waals surface area (Å²) in [6, 6.07) is 11.1. The SMILES string of the molecule is Fc1ccc(-n2nc(CN3CCNCC3c3cccnc3)c3c2CCC3)cc1. The topological polar surface area (TPSA) is 46.0 Å². The number of fused-ring (bicyclic) bond motifs is 1. The van der Waals surface area contributed by atoms with Gasteiger partial charge in [-0.25, -0.2) is 9.07 Å². The van der Waals surface area contributed by atoms with Crippen molar-refractivity contribution in [2.75, 3.05) is 19.6 Å². The van der Waals surface area contributed by atoms with Gasteiger partial charge in [0.15, 0.2) is 0 Å². The zero-order valence-corrected chi connectivity index (χ0v) is 15.8. The third-order valence-electron chi connectivity index (χ3n) is 5.86. The van der Waals surface area contributed by atoms with Gasteiger partial charge in [-0.15, -0.1) is 0 Å². The van der Waals surface area contributed by atoms with Gasteiger partial charge in [0.2, 0.25) is 0 Å². The van der Waals surface area contributed by atoms with E-state index in [1.807, 2.05) is 35.3 Å². The highest BCUT2D eigenvalue weighted by atomic mass is 19.1. The second-order valence-electron chi connectivity index (χ2n) is 7.59. The number of hydrogen-bond acceptors (Lipinski definition) is 4. The zero-order chi connectivity index (χ0) is 18.9. The first kappa shape index (κ1) is 17.5. The average Bonchev–Trinajstić information content (AvgIpc) is 3.34. The van der Waals surface area contributed by atoms with Crippen LogP contribution in [-0.4, -0.2) is 39.3 Å². The molecule has 3 heterocycles. The van der Waals surface area contributed by atoms with Gasteiger partial charge >= 0.3 is 0 Å². The number of hydrogen-bond donors (Lipinski definition) is 1. The van der Waals surface area contributed by atoms with Gasteiger partial charge < -0.3 is 5.32 Å². The van der Waals surface area contributed by atoms with Gasteiger partial charge in [0.25, 0.3) is 0 Å². The summed E-state index contributed by atoms with van der Waals surface area (Å²) in [5.74, 6) is -0.215. The van der Waals surface area contributed by atoms with Crippen molar-refractivity contribution in [3.8, 4) is 5.69 Å². The van der Waals surface area contributed by atoms with E-state index in [0.29, 0.717) is 6.04 Å². The smallest absolute Gasteiger partial charge is 0.123 e. The van der Waals surface area contributed by atoms with Crippen molar-refractivity contribution >= 4 is 0 Å². The van der Waals surface area contributed by atoms with E-state index in [0.717, 1.165) is 56.8 Å². The first-order chi connectivity index (χ1) is 13.8. The molecule has 0 radical (unpaired) electrons. The molecule has 1 aliphatic heterocycles. The molecule has 1 aliphatic carbocycles. The molecule has 1 N–H and O–H groups in total. The van der Waals surface area contributed by atoms with Crippen LogP contribution < -0.4 is 5.32 Å². The summed E-state index contributed by atoms with van der Waals surface area (Å²) < 4.78 is 15.4. The zero-order valence-electron chi connectivity index (χ0n) is 15.8. The Morgan fingerprint density at radius 2 is 2.04 bits per heavy atom. The standard InChI is InChI=1S/C22H24FN5/c23-17-6-8-18(9-7-17)28-21-5-1-4-19(21)20(26-28)15-27-12-11-25-14-22(27)16-3-2-10-24-13-16/h2-3,6-10,13,22,25H,1,4-5,11-12,14-15H2. The van der Waals surface area contributed by atoms with E-state index in [9.17, 15) is 4.39 Å². The van der Waals surface area contributed by atoms with Crippen LogP contribution in [0.3, 0.4) is 0 Å². The van der Waals surface area contributed by atoms with E-state index in [2.05, 4.69) is 21.3 Å². The van der Waals surface area contributed by atoms with Crippen LogP contribution in [0.1, 0.15) is 35.0 Å². The van der Waals surface area contributed by atoms with Crippen LogP contribution in [-0.2, 0) is 19.4 Å². The second-order valence-corrected chi connectivity index (χ2v) is 7.59. The van der Waals surface area contributed by atoms with Crippen molar-refractivity contribution in [3.63, 3.8) is 0 Å². The number of aromatic nitrogens is 3. The lowest BCUT2D eigenvalue weighted by molar-refractivity contribution is 0.151. The van der Waals surface area contributed by atoms with E-state index in [1.165, 1.54) is 29.0 Å². The number of nitrogens with one attached hydrogen (secondary N) is 1. The highest BCUT2D eigenvalue weighted by Crippen LogP contribution is 2.31. The fraction of sp³-hybridized carbons (Fsp3) is 0.364. The molecular formula is C22H24FN5. The molecule has 1 unspecified atom stereocenters. The van der Waals surface area contributed by atoms with Gasteiger partial charge in [-0.2, -0.15) is 5.10 Å². The van der Waals surface area contributed by atoms with Crippen LogP contribution in [0.15, 0.2) is 48.8 Å². The molecule has 2 aliphatic rings. The number of rotatable bonds is 4. The quantitative estimate of drug-likeness (QED) is 0.759. The van der Waals surface area contributed by atoms with Crippen LogP contribution >= 0.6 is 0 Å². The average molecular weight is 377 g/mol. The van der Waals surface area contributed by atoms with Crippen molar-refractivity contribution in [2.24, 2.45) is 0 Å². The van der Waals surface area contributed by atoms with Crippen LogP contribution in [0.2, 0.25) is 0 Å². The molecule has 1 aromatic carbocycles. The number of halogens is 1. The van der Waals surface area contributed by atoms with Crippen molar-refractivity contribution in [2.45, 2.75) is 31.8 Å². The van der Waals surface area contributed by atoms with E-state index in [1.54, 1.807) is 0 Å². The lowest BCUT2D eigenvalue weighted by Crippen LogP contribution is -2.45. The molecule has 6 heteroatoms. The molecule has 1 fully saturated rings. The summed E-state index contributed by atoms with van der Waals surface area (Å²) >= 11 is 0. The van der Waals surface area contributed by atoms with Gasteiger partial charge in [0.1, 0.15) is 5.82 Å². The Morgan fingerprint density at radius 1 is 1.14 bits per heavy atom. The molecule has 0 bridgehead atoms. The Morgan fingerprint density at radius 3 is 2.86 bits per heavy atom. The minimum Gasteiger partial charge on any atom is -0.314 e. The largest absolute Gasteiger partial charge is 0.314 e. The van der Waals surface area contributed by atoms with E-state index >= 15 is 0 Å². The summed E-state index contributed by atoms with van der Waals surface area (Å²) in [5, 5.41) is 8.48. The summed E-state index contributed by atoms with van der Waals surface area (Å²) in [7, 11) is 0. The van der Waals surface area contributed by atoms with Gasteiger partial charge in [0, 0.05) is 50.3 Å². The summed E-state index contributed by atoms with van der Waals surface area (Å²) in [5.41, 5.74) is 6.01. The first-order valence-corrected chi connectivity index (χ1v) is 10.00. The van der Waals surface area contributed by atoms with Gasteiger partial charge in [-0.05, 0) is 60.7 Å². The number of piperazine rings is 1. The lowest BCUT2D eigenvalue weighted by atomic mass is 10.0. The molecular weight excluding hydrogens is 353 g/mol. The maximum atomic E-state index is 13.3. The second kappa shape index (κ2) is 7.45. The van der Waals surface area contributed by atoms with Crippen LogP contribution in [0.5, 0.6) is 0 Å². The Hall–Kier alpha value is -2.57. The van der Waals surface area contributed by atoms with Crippen molar-refractivity contribution in [1.82, 2.24) is 25.0 Å². The van der Waals surface area contributed by atoms with Gasteiger partial charge in [0.05, 0.1) is 11.4 Å². The number of benzene rings is 1. The molecule has 144 valence electrons. The van der Waals surface area contributed by atoms with Crippen molar-refractivity contribution in [3.05, 3.63) is 77.1 Å². The fourth-order valence-corrected chi connectivity index (χ4v) is 4.47. The minimum absolute atomic E-state index is 0.215. The predicted octanol–water partition coefficient (Wildman–Crippen LogP) is 3.04. The Balaban J connectivity index is 1.46. The van der Waals surface area contributed by atoms with E-state index in [-0.39, 0.29) is 5.82 Å². The number of pyridine rings is 1. The molecule has 5 rings (SSSR count). The molecule has 5 nitrogen and oxygen atoms in total. The molecule has 28 heavy (non-hydrogen) atoms. The summed E-state index contributed by atoms with van der Waals surface area (Å²) in [4.78, 5) is 6.81. The molecule has 1 atom stereocenters. The number of nitrogens with zero attached hydrogens (tertiary/aromatic N) is 4. The first-order valence-electron chi connectivity index (χ1n) is 10.00. The molecule has 0 spiro atoms. The highest BCUT2D eigenvalue weighted by Gasteiger charge is 2.28. The van der Waals surface area contributed by atoms with Crippen molar-refractivity contribution < 1.29 is 4.39 Å². The van der Waals surface area contributed by atoms with Gasteiger partial charge in [-0.1, -0.05) is 6.07 Å². The van der Waals surface area contributed by atoms with Crippen LogP contribution in [0.25, 0.3) is 5.69 Å². The molecule has 2 aromatic heterocycles. The molecule has 0 saturated carbocycles. The molecule has 1 saturated heterocycles. The molecule has 3 aromatic rings. The predicted molar refractivity (Wildman–Crippen MR) is 106 cm³/mol. The monoisotopic (exact) mass is 377 g/mol.